The van der Waals surface area contributed by atoms with Crippen LogP contribution in [-0.2, 0) is 9.53 Å². The van der Waals surface area contributed by atoms with Crippen LogP contribution in [0.1, 0.15) is 17.9 Å². The van der Waals surface area contributed by atoms with Gasteiger partial charge in [0.2, 0.25) is 0 Å². The fourth-order valence-corrected chi connectivity index (χ4v) is 2.59. The number of carbonyl (C=O) groups excluding carboxylic acids is 1. The second-order valence-electron chi connectivity index (χ2n) is 4.28. The normalized spacial score (nSPS) is 24.4. The van der Waals surface area contributed by atoms with E-state index in [1.807, 2.05) is 24.3 Å². The van der Waals surface area contributed by atoms with E-state index >= 15 is 0 Å². The number of ether oxygens (including phenoxy) is 1. The van der Waals surface area contributed by atoms with Crippen LogP contribution in [0.4, 0.5) is 0 Å². The Labute approximate surface area is 106 Å². The first kappa shape index (κ1) is 12.4. The number of methoxy groups -OCH3 is 1. The Kier molecular flexibility index (Phi) is 4.02. The molecule has 0 radical (unpaired) electrons. The average Bonchev–Trinajstić information content (AvgIpc) is 2.38. The molecular formula is C13H16ClNO2. The van der Waals surface area contributed by atoms with Crippen LogP contribution in [0.25, 0.3) is 0 Å². The number of hydrogen-bond donors (Lipinski definition) is 1. The van der Waals surface area contributed by atoms with Crippen molar-refractivity contribution in [3.8, 4) is 0 Å². The fourth-order valence-electron chi connectivity index (χ4n) is 2.39. The third kappa shape index (κ3) is 2.79. The molecule has 2 rings (SSSR count). The largest absolute Gasteiger partial charge is 0.469 e. The van der Waals surface area contributed by atoms with Gasteiger partial charge < -0.3 is 10.1 Å². The maximum Gasteiger partial charge on any atom is 0.310 e. The fraction of sp³-hybridized carbons (Fsp3) is 0.462. The van der Waals surface area contributed by atoms with E-state index in [9.17, 15) is 4.79 Å². The van der Waals surface area contributed by atoms with Crippen LogP contribution in [0.2, 0.25) is 5.02 Å². The molecule has 4 heteroatoms. The van der Waals surface area contributed by atoms with Gasteiger partial charge in [-0.15, -0.1) is 0 Å². The monoisotopic (exact) mass is 253 g/mol. The van der Waals surface area contributed by atoms with Gasteiger partial charge in [-0.2, -0.15) is 0 Å². The molecule has 0 amide bonds. The van der Waals surface area contributed by atoms with Gasteiger partial charge in [0.05, 0.1) is 13.0 Å². The minimum atomic E-state index is -0.151. The zero-order valence-corrected chi connectivity index (χ0v) is 10.5. The molecule has 0 aliphatic carbocycles. The van der Waals surface area contributed by atoms with E-state index in [-0.39, 0.29) is 17.8 Å². The Balaban J connectivity index is 2.24. The molecule has 1 fully saturated rings. The lowest BCUT2D eigenvalue weighted by Gasteiger charge is -2.30. The van der Waals surface area contributed by atoms with Crippen molar-refractivity contribution >= 4 is 17.6 Å². The number of hydrogen-bond acceptors (Lipinski definition) is 3. The number of esters is 1. The maximum absolute atomic E-state index is 11.7. The summed E-state index contributed by atoms with van der Waals surface area (Å²) in [5, 5.41) is 3.94. The van der Waals surface area contributed by atoms with E-state index in [0.29, 0.717) is 11.6 Å². The molecule has 0 bridgehead atoms. The first-order valence-electron chi connectivity index (χ1n) is 5.76. The molecule has 0 aromatic heterocycles. The van der Waals surface area contributed by atoms with Gasteiger partial charge in [0.25, 0.3) is 0 Å². The highest BCUT2D eigenvalue weighted by molar-refractivity contribution is 6.30. The SMILES string of the molecule is COC(=O)C1CNCCC1c1cccc(Cl)c1. The van der Waals surface area contributed by atoms with Crippen LogP contribution in [-0.4, -0.2) is 26.2 Å². The molecule has 1 aromatic rings. The molecule has 1 N–H and O–H groups in total. The molecule has 0 saturated carbocycles. The van der Waals surface area contributed by atoms with Gasteiger partial charge in [0.15, 0.2) is 0 Å². The summed E-state index contributed by atoms with van der Waals surface area (Å²) in [6.07, 6.45) is 0.931. The number of carbonyl (C=O) groups is 1. The Bertz CT molecular complexity index is 408. The van der Waals surface area contributed by atoms with Gasteiger partial charge >= 0.3 is 5.97 Å². The van der Waals surface area contributed by atoms with Crippen molar-refractivity contribution < 1.29 is 9.53 Å². The zero-order valence-electron chi connectivity index (χ0n) is 9.78. The Morgan fingerprint density at radius 2 is 2.35 bits per heavy atom. The van der Waals surface area contributed by atoms with Crippen LogP contribution in [0.5, 0.6) is 0 Å². The lowest BCUT2D eigenvalue weighted by Crippen LogP contribution is -2.40. The number of nitrogens with one attached hydrogen (secondary N) is 1. The quantitative estimate of drug-likeness (QED) is 0.822. The summed E-state index contributed by atoms with van der Waals surface area (Å²) in [7, 11) is 1.44. The number of piperidine rings is 1. The van der Waals surface area contributed by atoms with E-state index in [2.05, 4.69) is 5.32 Å². The minimum Gasteiger partial charge on any atom is -0.469 e. The number of benzene rings is 1. The van der Waals surface area contributed by atoms with Crippen molar-refractivity contribution in [1.82, 2.24) is 5.32 Å². The molecule has 0 spiro atoms. The molecule has 2 atom stereocenters. The Hall–Kier alpha value is -1.06. The van der Waals surface area contributed by atoms with Crippen molar-refractivity contribution in [3.05, 3.63) is 34.9 Å². The molecular weight excluding hydrogens is 238 g/mol. The highest BCUT2D eigenvalue weighted by atomic mass is 35.5. The molecule has 1 heterocycles. The Morgan fingerprint density at radius 3 is 3.06 bits per heavy atom. The highest BCUT2D eigenvalue weighted by Gasteiger charge is 2.32. The highest BCUT2D eigenvalue weighted by Crippen LogP contribution is 2.32. The predicted molar refractivity (Wildman–Crippen MR) is 67.2 cm³/mol. The summed E-state index contributed by atoms with van der Waals surface area (Å²) in [6, 6.07) is 7.73. The summed E-state index contributed by atoms with van der Waals surface area (Å²) in [5.74, 6) is -0.0724. The van der Waals surface area contributed by atoms with Crippen molar-refractivity contribution in [3.63, 3.8) is 0 Å². The summed E-state index contributed by atoms with van der Waals surface area (Å²) in [4.78, 5) is 11.7. The van der Waals surface area contributed by atoms with E-state index in [1.54, 1.807) is 0 Å². The van der Waals surface area contributed by atoms with Gasteiger partial charge in [-0.3, -0.25) is 4.79 Å². The van der Waals surface area contributed by atoms with Crippen molar-refractivity contribution in [2.75, 3.05) is 20.2 Å². The first-order chi connectivity index (χ1) is 8.22. The lowest BCUT2D eigenvalue weighted by atomic mass is 9.81. The van der Waals surface area contributed by atoms with Gasteiger partial charge in [-0.1, -0.05) is 23.7 Å². The average molecular weight is 254 g/mol. The van der Waals surface area contributed by atoms with Crippen LogP contribution in [0.3, 0.4) is 0 Å². The molecule has 1 aliphatic rings. The molecule has 2 unspecified atom stereocenters. The van der Waals surface area contributed by atoms with Crippen molar-refractivity contribution in [1.29, 1.82) is 0 Å². The smallest absolute Gasteiger partial charge is 0.310 e. The topological polar surface area (TPSA) is 38.3 Å². The molecule has 1 aliphatic heterocycles. The summed E-state index contributed by atoms with van der Waals surface area (Å²) in [5.41, 5.74) is 1.12. The third-order valence-corrected chi connectivity index (χ3v) is 3.50. The van der Waals surface area contributed by atoms with E-state index in [0.717, 1.165) is 18.5 Å². The Morgan fingerprint density at radius 1 is 1.53 bits per heavy atom. The molecule has 3 nitrogen and oxygen atoms in total. The second kappa shape index (κ2) is 5.52. The van der Waals surface area contributed by atoms with Crippen LogP contribution in [0.15, 0.2) is 24.3 Å². The maximum atomic E-state index is 11.7. The lowest BCUT2D eigenvalue weighted by molar-refractivity contribution is -0.146. The van der Waals surface area contributed by atoms with Gasteiger partial charge in [0.1, 0.15) is 0 Å². The number of rotatable bonds is 2. The molecule has 1 saturated heterocycles. The molecule has 17 heavy (non-hydrogen) atoms. The van der Waals surface area contributed by atoms with Crippen molar-refractivity contribution in [2.45, 2.75) is 12.3 Å². The molecule has 1 aromatic carbocycles. The summed E-state index contributed by atoms with van der Waals surface area (Å²) < 4.78 is 4.86. The van der Waals surface area contributed by atoms with E-state index in [4.69, 9.17) is 16.3 Å². The summed E-state index contributed by atoms with van der Waals surface area (Å²) in [6.45, 7) is 1.59. The molecule has 92 valence electrons. The third-order valence-electron chi connectivity index (χ3n) is 3.26. The van der Waals surface area contributed by atoms with Gasteiger partial charge in [-0.05, 0) is 36.6 Å². The van der Waals surface area contributed by atoms with Crippen LogP contribution in [0, 0.1) is 5.92 Å². The van der Waals surface area contributed by atoms with Gasteiger partial charge in [-0.25, -0.2) is 0 Å². The van der Waals surface area contributed by atoms with Crippen molar-refractivity contribution in [2.24, 2.45) is 5.92 Å². The minimum absolute atomic E-state index is 0.118. The number of halogens is 1. The van der Waals surface area contributed by atoms with Gasteiger partial charge in [0, 0.05) is 11.6 Å². The van der Waals surface area contributed by atoms with Crippen LogP contribution < -0.4 is 5.32 Å². The zero-order chi connectivity index (χ0) is 12.3. The summed E-state index contributed by atoms with van der Waals surface area (Å²) >= 11 is 5.99. The first-order valence-corrected chi connectivity index (χ1v) is 6.14. The second-order valence-corrected chi connectivity index (χ2v) is 4.72. The standard InChI is InChI=1S/C13H16ClNO2/c1-17-13(16)12-8-15-6-5-11(12)9-3-2-4-10(14)7-9/h2-4,7,11-12,15H,5-6,8H2,1H3. The van der Waals surface area contributed by atoms with E-state index in [1.165, 1.54) is 7.11 Å². The predicted octanol–water partition coefficient (Wildman–Crippen LogP) is 2.21. The van der Waals surface area contributed by atoms with E-state index < -0.39 is 0 Å². The van der Waals surface area contributed by atoms with Crippen LogP contribution >= 0.6 is 11.6 Å².